The van der Waals surface area contributed by atoms with E-state index in [9.17, 15) is 0 Å². The zero-order valence-electron chi connectivity index (χ0n) is 12.0. The number of thiophene rings is 1. The lowest BCUT2D eigenvalue weighted by Gasteiger charge is -2.26. The minimum Gasteiger partial charge on any atom is -0.353 e. The van der Waals surface area contributed by atoms with E-state index in [1.807, 2.05) is 0 Å². The van der Waals surface area contributed by atoms with Crippen molar-refractivity contribution < 1.29 is 0 Å². The van der Waals surface area contributed by atoms with Crippen LogP contribution in [0.15, 0.2) is 6.33 Å². The predicted octanol–water partition coefficient (Wildman–Crippen LogP) is 4.45. The molecule has 2 aromatic rings. The Morgan fingerprint density at radius 3 is 3.05 bits per heavy atom. The fraction of sp³-hybridized carbons (Fsp3) is 0.600. The minimum atomic E-state index is 0.644. The molecule has 0 N–H and O–H groups in total. The molecule has 1 aliphatic rings. The molecular weight excluding hydrogens is 334 g/mol. The molecule has 3 nitrogen and oxygen atoms in total. The Morgan fingerprint density at radius 1 is 1.40 bits per heavy atom. The Morgan fingerprint density at radius 2 is 2.25 bits per heavy atom. The van der Waals surface area contributed by atoms with Crippen LogP contribution in [0, 0.1) is 13.8 Å². The number of aromatic nitrogens is 2. The van der Waals surface area contributed by atoms with Gasteiger partial charge in [-0.15, -0.1) is 11.3 Å². The molecule has 0 radical (unpaired) electrons. The Hall–Kier alpha value is -0.680. The number of halogens is 1. The monoisotopic (exact) mass is 353 g/mol. The van der Waals surface area contributed by atoms with Gasteiger partial charge in [-0.2, -0.15) is 0 Å². The second-order valence-corrected chi connectivity index (χ2v) is 7.48. The molecule has 20 heavy (non-hydrogen) atoms. The van der Waals surface area contributed by atoms with Crippen molar-refractivity contribution >= 4 is 43.3 Å². The number of aryl methyl sites for hydroxylation is 2. The van der Waals surface area contributed by atoms with Crippen LogP contribution in [-0.2, 0) is 0 Å². The molecule has 0 amide bonds. The first-order chi connectivity index (χ1) is 9.72. The summed E-state index contributed by atoms with van der Waals surface area (Å²) < 4.78 is 0. The second kappa shape index (κ2) is 5.98. The SMILES string of the molecule is Cc1sc2ncnc(N3CCCC3CCCBr)c2c1C. The van der Waals surface area contributed by atoms with Crippen LogP contribution in [0.2, 0.25) is 0 Å². The van der Waals surface area contributed by atoms with E-state index >= 15 is 0 Å². The molecule has 0 aliphatic carbocycles. The van der Waals surface area contributed by atoms with E-state index < -0.39 is 0 Å². The molecule has 108 valence electrons. The summed E-state index contributed by atoms with van der Waals surface area (Å²) in [5, 5.41) is 2.37. The quantitative estimate of drug-likeness (QED) is 0.760. The molecule has 1 atom stereocenters. The van der Waals surface area contributed by atoms with Crippen LogP contribution in [0.3, 0.4) is 0 Å². The highest BCUT2D eigenvalue weighted by Gasteiger charge is 2.27. The van der Waals surface area contributed by atoms with Gasteiger partial charge >= 0.3 is 0 Å². The first-order valence-electron chi connectivity index (χ1n) is 7.25. The zero-order chi connectivity index (χ0) is 14.1. The smallest absolute Gasteiger partial charge is 0.141 e. The third-order valence-corrected chi connectivity index (χ3v) is 5.94. The van der Waals surface area contributed by atoms with E-state index in [1.165, 1.54) is 41.5 Å². The van der Waals surface area contributed by atoms with Gasteiger partial charge in [0.15, 0.2) is 0 Å². The molecule has 3 heterocycles. The average molecular weight is 354 g/mol. The van der Waals surface area contributed by atoms with E-state index in [1.54, 1.807) is 17.7 Å². The molecule has 1 saturated heterocycles. The summed E-state index contributed by atoms with van der Waals surface area (Å²) in [6.45, 7) is 5.51. The Kier molecular flexibility index (Phi) is 4.26. The Balaban J connectivity index is 2.00. The number of hydrogen-bond donors (Lipinski definition) is 0. The van der Waals surface area contributed by atoms with Crippen molar-refractivity contribution in [2.45, 2.75) is 45.6 Å². The van der Waals surface area contributed by atoms with Gasteiger partial charge in [0.1, 0.15) is 17.0 Å². The molecule has 2 aromatic heterocycles. The summed E-state index contributed by atoms with van der Waals surface area (Å²) in [5.74, 6) is 1.16. The van der Waals surface area contributed by atoms with Gasteiger partial charge in [0.25, 0.3) is 0 Å². The van der Waals surface area contributed by atoms with Crippen LogP contribution in [0.4, 0.5) is 5.82 Å². The molecular formula is C15H20BrN3S. The van der Waals surface area contributed by atoms with E-state index in [2.05, 4.69) is 44.6 Å². The minimum absolute atomic E-state index is 0.644. The van der Waals surface area contributed by atoms with Crippen LogP contribution in [-0.4, -0.2) is 27.9 Å². The molecule has 0 saturated carbocycles. The highest BCUT2D eigenvalue weighted by Crippen LogP contribution is 2.37. The number of rotatable bonds is 4. The van der Waals surface area contributed by atoms with Crippen LogP contribution in [0.25, 0.3) is 10.2 Å². The van der Waals surface area contributed by atoms with Gasteiger partial charge in [-0.1, -0.05) is 15.9 Å². The molecule has 1 aliphatic heterocycles. The van der Waals surface area contributed by atoms with Gasteiger partial charge in [0.2, 0.25) is 0 Å². The van der Waals surface area contributed by atoms with Crippen LogP contribution in [0.1, 0.15) is 36.1 Å². The summed E-state index contributed by atoms with van der Waals surface area (Å²) in [6.07, 6.45) is 6.78. The third kappa shape index (κ3) is 2.46. The maximum Gasteiger partial charge on any atom is 0.141 e. The molecule has 0 spiro atoms. The van der Waals surface area contributed by atoms with Crippen molar-refractivity contribution in [2.75, 3.05) is 16.8 Å². The maximum atomic E-state index is 4.63. The maximum absolute atomic E-state index is 4.63. The second-order valence-electron chi connectivity index (χ2n) is 5.48. The molecule has 0 aromatic carbocycles. The van der Waals surface area contributed by atoms with E-state index in [4.69, 9.17) is 0 Å². The van der Waals surface area contributed by atoms with Crippen LogP contribution in [0.5, 0.6) is 0 Å². The van der Waals surface area contributed by atoms with Gasteiger partial charge in [0.05, 0.1) is 5.39 Å². The molecule has 5 heteroatoms. The highest BCUT2D eigenvalue weighted by atomic mass is 79.9. The van der Waals surface area contributed by atoms with Crippen LogP contribution >= 0.6 is 27.3 Å². The first-order valence-corrected chi connectivity index (χ1v) is 9.19. The van der Waals surface area contributed by atoms with Gasteiger partial charge in [-0.3, -0.25) is 0 Å². The van der Waals surface area contributed by atoms with Crippen molar-refractivity contribution in [3.63, 3.8) is 0 Å². The Bertz CT molecular complexity index is 610. The van der Waals surface area contributed by atoms with Gasteiger partial charge in [-0.05, 0) is 45.1 Å². The van der Waals surface area contributed by atoms with Crippen LogP contribution < -0.4 is 4.90 Å². The van der Waals surface area contributed by atoms with Crippen molar-refractivity contribution in [3.8, 4) is 0 Å². The number of hydrogen-bond acceptors (Lipinski definition) is 4. The van der Waals surface area contributed by atoms with Crippen molar-refractivity contribution in [3.05, 3.63) is 16.8 Å². The number of nitrogens with zero attached hydrogens (tertiary/aromatic N) is 3. The summed E-state index contributed by atoms with van der Waals surface area (Å²) in [6, 6.07) is 0.644. The fourth-order valence-corrected chi connectivity index (χ4v) is 4.42. The van der Waals surface area contributed by atoms with Crippen molar-refractivity contribution in [2.24, 2.45) is 0 Å². The topological polar surface area (TPSA) is 29.0 Å². The lowest BCUT2D eigenvalue weighted by molar-refractivity contribution is 0.601. The lowest BCUT2D eigenvalue weighted by Crippen LogP contribution is -2.30. The Labute approximate surface area is 132 Å². The van der Waals surface area contributed by atoms with Gasteiger partial charge in [0, 0.05) is 22.8 Å². The fourth-order valence-electron chi connectivity index (χ4n) is 3.11. The summed E-state index contributed by atoms with van der Waals surface area (Å²) in [4.78, 5) is 14.1. The standard InChI is InChI=1S/C15H20BrN3S/c1-10-11(2)20-15-13(10)14(17-9-18-15)19-8-4-6-12(19)5-3-7-16/h9,12H,3-8H2,1-2H3. The molecule has 3 rings (SSSR count). The van der Waals surface area contributed by atoms with E-state index in [0.717, 1.165) is 22.5 Å². The van der Waals surface area contributed by atoms with Crippen molar-refractivity contribution in [1.82, 2.24) is 9.97 Å². The lowest BCUT2D eigenvalue weighted by atomic mass is 10.1. The summed E-state index contributed by atoms with van der Waals surface area (Å²) in [7, 11) is 0. The van der Waals surface area contributed by atoms with E-state index in [0.29, 0.717) is 6.04 Å². The zero-order valence-corrected chi connectivity index (χ0v) is 14.4. The van der Waals surface area contributed by atoms with Gasteiger partial charge in [-0.25, -0.2) is 9.97 Å². The average Bonchev–Trinajstić information content (AvgIpc) is 3.02. The summed E-state index contributed by atoms with van der Waals surface area (Å²) in [5.41, 5.74) is 1.35. The summed E-state index contributed by atoms with van der Waals surface area (Å²) >= 11 is 5.33. The number of alkyl halides is 1. The molecule has 1 unspecified atom stereocenters. The first kappa shape index (κ1) is 14.3. The molecule has 1 fully saturated rings. The largest absolute Gasteiger partial charge is 0.353 e. The predicted molar refractivity (Wildman–Crippen MR) is 90.3 cm³/mol. The normalized spacial score (nSPS) is 19.1. The number of anilines is 1. The van der Waals surface area contributed by atoms with Crippen molar-refractivity contribution in [1.29, 1.82) is 0 Å². The van der Waals surface area contributed by atoms with E-state index in [-0.39, 0.29) is 0 Å². The number of fused-ring (bicyclic) bond motifs is 1. The third-order valence-electron chi connectivity index (χ3n) is 4.27. The van der Waals surface area contributed by atoms with Gasteiger partial charge < -0.3 is 4.90 Å². The highest BCUT2D eigenvalue weighted by molar-refractivity contribution is 9.09. The molecule has 0 bridgehead atoms.